The Morgan fingerprint density at radius 3 is 2.24 bits per heavy atom. The molecule has 0 fully saturated rings. The Morgan fingerprint density at radius 2 is 1.58 bits per heavy atom. The Morgan fingerprint density at radius 1 is 0.848 bits per heavy atom. The van der Waals surface area contributed by atoms with Crippen LogP contribution in [0.15, 0.2) is 89.8 Å². The van der Waals surface area contributed by atoms with Crippen LogP contribution in [0.2, 0.25) is 0 Å². The van der Waals surface area contributed by atoms with Crippen LogP contribution in [0.4, 0.5) is 5.88 Å². The van der Waals surface area contributed by atoms with Gasteiger partial charge in [0.15, 0.2) is 0 Å². The fourth-order valence-corrected chi connectivity index (χ4v) is 4.25. The van der Waals surface area contributed by atoms with Crippen LogP contribution < -0.4 is 4.90 Å². The molecule has 0 aliphatic carbocycles. The van der Waals surface area contributed by atoms with Crippen LogP contribution >= 0.6 is 0 Å². The number of aromatic nitrogens is 1. The van der Waals surface area contributed by atoms with E-state index in [1.807, 2.05) is 31.0 Å². The fraction of sp³-hybridized carbons (Fsp3) is 0.207. The van der Waals surface area contributed by atoms with Crippen molar-refractivity contribution in [3.63, 3.8) is 0 Å². The molecule has 166 valence electrons. The van der Waals surface area contributed by atoms with Gasteiger partial charge in [0.05, 0.1) is 5.69 Å². The van der Waals surface area contributed by atoms with Crippen molar-refractivity contribution in [3.8, 4) is 22.3 Å². The highest BCUT2D eigenvalue weighted by molar-refractivity contribution is 5.84. The van der Waals surface area contributed by atoms with Crippen molar-refractivity contribution in [3.05, 3.63) is 108 Å². The van der Waals surface area contributed by atoms with E-state index in [1.54, 1.807) is 6.26 Å². The van der Waals surface area contributed by atoms with Gasteiger partial charge in [-0.15, -0.1) is 0 Å². The van der Waals surface area contributed by atoms with Gasteiger partial charge in [-0.3, -0.25) is 4.90 Å². The van der Waals surface area contributed by atoms with E-state index in [0.717, 1.165) is 16.8 Å². The summed E-state index contributed by atoms with van der Waals surface area (Å²) in [5.74, 6) is 1.21. The van der Waals surface area contributed by atoms with Crippen LogP contribution in [0, 0.1) is 13.8 Å². The maximum absolute atomic E-state index is 6.01. The molecule has 4 heteroatoms. The van der Waals surface area contributed by atoms with E-state index in [1.165, 1.54) is 27.8 Å². The molecule has 0 N–H and O–H groups in total. The largest absolute Gasteiger partial charge is 0.472 e. The van der Waals surface area contributed by atoms with Crippen molar-refractivity contribution in [2.75, 3.05) is 4.90 Å². The molecule has 1 aliphatic heterocycles. The number of hydrogen-bond donors (Lipinski definition) is 0. The van der Waals surface area contributed by atoms with Gasteiger partial charge in [-0.05, 0) is 53.6 Å². The smallest absolute Gasteiger partial charge is 0.237 e. The number of aryl methyl sites for hydroxylation is 1. The SMILES string of the molecule is Cc1noc(N2C=COC2c2ccc(-c3ccccc3)c(-c3ccc(C(C)C)cc3)c2)c1C. The summed E-state index contributed by atoms with van der Waals surface area (Å²) in [4.78, 5) is 2.00. The molecule has 2 heterocycles. The average Bonchev–Trinajstić information content (AvgIpc) is 3.46. The molecule has 0 radical (unpaired) electrons. The molecule has 1 aromatic heterocycles. The lowest BCUT2D eigenvalue weighted by Gasteiger charge is -2.24. The van der Waals surface area contributed by atoms with Crippen molar-refractivity contribution in [1.82, 2.24) is 5.16 Å². The Bertz CT molecular complexity index is 1290. The summed E-state index contributed by atoms with van der Waals surface area (Å²) in [5, 5.41) is 4.12. The van der Waals surface area contributed by atoms with Gasteiger partial charge in [0.1, 0.15) is 6.26 Å². The van der Waals surface area contributed by atoms with Crippen LogP contribution in [0.1, 0.15) is 48.4 Å². The second-order valence-corrected chi connectivity index (χ2v) is 8.83. The van der Waals surface area contributed by atoms with E-state index < -0.39 is 0 Å². The number of rotatable bonds is 5. The Balaban J connectivity index is 1.60. The summed E-state index contributed by atoms with van der Waals surface area (Å²) in [5.41, 5.74) is 9.03. The summed E-state index contributed by atoms with van der Waals surface area (Å²) < 4.78 is 11.6. The fourth-order valence-electron chi connectivity index (χ4n) is 4.25. The number of anilines is 1. The molecule has 0 amide bonds. The van der Waals surface area contributed by atoms with Gasteiger partial charge in [-0.1, -0.05) is 85.7 Å². The molecule has 0 saturated heterocycles. The monoisotopic (exact) mass is 436 g/mol. The Kier molecular flexibility index (Phi) is 5.51. The van der Waals surface area contributed by atoms with Gasteiger partial charge in [0, 0.05) is 17.3 Å². The summed E-state index contributed by atoms with van der Waals surface area (Å²) in [6.07, 6.45) is 3.30. The molecule has 0 saturated carbocycles. The molecule has 4 nitrogen and oxygen atoms in total. The molecular weight excluding hydrogens is 408 g/mol. The first-order valence-electron chi connectivity index (χ1n) is 11.4. The zero-order chi connectivity index (χ0) is 22.9. The predicted molar refractivity (Wildman–Crippen MR) is 133 cm³/mol. The van der Waals surface area contributed by atoms with E-state index >= 15 is 0 Å². The molecule has 1 atom stereocenters. The number of benzene rings is 3. The average molecular weight is 437 g/mol. The lowest BCUT2D eigenvalue weighted by Crippen LogP contribution is -2.20. The topological polar surface area (TPSA) is 38.5 Å². The van der Waals surface area contributed by atoms with Gasteiger partial charge < -0.3 is 9.26 Å². The molecule has 3 aromatic carbocycles. The highest BCUT2D eigenvalue weighted by Gasteiger charge is 2.29. The minimum absolute atomic E-state index is 0.311. The summed E-state index contributed by atoms with van der Waals surface area (Å²) in [6.45, 7) is 8.41. The van der Waals surface area contributed by atoms with E-state index in [0.29, 0.717) is 11.8 Å². The maximum Gasteiger partial charge on any atom is 0.237 e. The third-order valence-electron chi connectivity index (χ3n) is 6.35. The van der Waals surface area contributed by atoms with Gasteiger partial charge >= 0.3 is 0 Å². The van der Waals surface area contributed by atoms with Gasteiger partial charge in [-0.2, -0.15) is 0 Å². The zero-order valence-corrected chi connectivity index (χ0v) is 19.4. The Labute approximate surface area is 195 Å². The molecule has 0 spiro atoms. The summed E-state index contributed by atoms with van der Waals surface area (Å²) in [6, 6.07) is 26.0. The molecule has 1 unspecified atom stereocenters. The van der Waals surface area contributed by atoms with Crippen LogP contribution in [0.3, 0.4) is 0 Å². The summed E-state index contributed by atoms with van der Waals surface area (Å²) >= 11 is 0. The van der Waals surface area contributed by atoms with Crippen molar-refractivity contribution < 1.29 is 9.26 Å². The Hall–Kier alpha value is -3.79. The summed E-state index contributed by atoms with van der Waals surface area (Å²) in [7, 11) is 0. The molecule has 5 rings (SSSR count). The molecular formula is C29H28N2O2. The first kappa shape index (κ1) is 21.1. The quantitative estimate of drug-likeness (QED) is 0.320. The van der Waals surface area contributed by atoms with E-state index in [9.17, 15) is 0 Å². The van der Waals surface area contributed by atoms with Crippen LogP contribution in [-0.4, -0.2) is 5.16 Å². The van der Waals surface area contributed by atoms with Crippen LogP contribution in [-0.2, 0) is 4.74 Å². The lowest BCUT2D eigenvalue weighted by atomic mass is 9.91. The highest BCUT2D eigenvalue weighted by atomic mass is 16.5. The second-order valence-electron chi connectivity index (χ2n) is 8.83. The van der Waals surface area contributed by atoms with Crippen molar-refractivity contribution in [1.29, 1.82) is 0 Å². The predicted octanol–water partition coefficient (Wildman–Crippen LogP) is 7.76. The van der Waals surface area contributed by atoms with E-state index in [4.69, 9.17) is 9.26 Å². The minimum Gasteiger partial charge on any atom is -0.472 e. The number of ether oxygens (including phenoxy) is 1. The van der Waals surface area contributed by atoms with Gasteiger partial charge in [0.25, 0.3) is 0 Å². The molecule has 0 bridgehead atoms. The van der Waals surface area contributed by atoms with E-state index in [2.05, 4.69) is 85.7 Å². The first-order chi connectivity index (χ1) is 16.0. The number of hydrogen-bond acceptors (Lipinski definition) is 4. The standard InChI is InChI=1S/C29H28N2O2/c1-19(2)22-10-12-24(13-11-22)27-18-25(14-15-26(27)23-8-6-5-7-9-23)29-31(16-17-32-29)28-20(3)21(4)30-33-28/h5-19,29H,1-4H3. The van der Waals surface area contributed by atoms with Crippen LogP contribution in [0.5, 0.6) is 0 Å². The van der Waals surface area contributed by atoms with Crippen molar-refractivity contribution in [2.45, 2.75) is 39.8 Å². The third-order valence-corrected chi connectivity index (χ3v) is 6.35. The van der Waals surface area contributed by atoms with Crippen molar-refractivity contribution in [2.24, 2.45) is 0 Å². The van der Waals surface area contributed by atoms with Gasteiger partial charge in [-0.25, -0.2) is 0 Å². The zero-order valence-electron chi connectivity index (χ0n) is 19.4. The van der Waals surface area contributed by atoms with Crippen LogP contribution in [0.25, 0.3) is 22.3 Å². The minimum atomic E-state index is -0.311. The lowest BCUT2D eigenvalue weighted by molar-refractivity contribution is 0.169. The third kappa shape index (κ3) is 3.93. The first-order valence-corrected chi connectivity index (χ1v) is 11.4. The second kappa shape index (κ2) is 8.62. The molecule has 4 aromatic rings. The molecule has 1 aliphatic rings. The normalized spacial score (nSPS) is 15.3. The van der Waals surface area contributed by atoms with Gasteiger partial charge in [0.2, 0.25) is 12.1 Å². The van der Waals surface area contributed by atoms with E-state index in [-0.39, 0.29) is 6.23 Å². The van der Waals surface area contributed by atoms with Crippen molar-refractivity contribution >= 4 is 5.88 Å². The molecule has 33 heavy (non-hydrogen) atoms. The number of nitrogens with zero attached hydrogens (tertiary/aromatic N) is 2. The maximum atomic E-state index is 6.01. The highest BCUT2D eigenvalue weighted by Crippen LogP contribution is 2.40.